The van der Waals surface area contributed by atoms with Gasteiger partial charge in [0.2, 0.25) is 5.95 Å². The minimum atomic E-state index is -2.86. The number of anilines is 2. The summed E-state index contributed by atoms with van der Waals surface area (Å²) in [7, 11) is -2.86. The van der Waals surface area contributed by atoms with Crippen LogP contribution in [0.5, 0.6) is 0 Å². The molecule has 1 aliphatic carbocycles. The molecule has 0 unspecified atom stereocenters. The molecule has 11 heteroatoms. The number of nitrogens with zero attached hydrogens (tertiary/aromatic N) is 5. The lowest BCUT2D eigenvalue weighted by Crippen LogP contribution is -2.39. The Balaban J connectivity index is 1.05. The second-order valence-electron chi connectivity index (χ2n) is 9.46. The van der Waals surface area contributed by atoms with Gasteiger partial charge in [-0.15, -0.1) is 0 Å². The highest BCUT2D eigenvalue weighted by molar-refractivity contribution is 7.91. The normalized spacial score (nSPS) is 22.7. The van der Waals surface area contributed by atoms with E-state index in [2.05, 4.69) is 35.5 Å². The largest absolute Gasteiger partial charge is 0.367 e. The van der Waals surface area contributed by atoms with Crippen LogP contribution in [0.2, 0.25) is 5.15 Å². The molecule has 9 nitrogen and oxygen atoms in total. The summed E-state index contributed by atoms with van der Waals surface area (Å²) in [5, 5.41) is 8.35. The molecule has 3 aromatic rings. The van der Waals surface area contributed by atoms with Crippen molar-refractivity contribution in [2.24, 2.45) is 5.92 Å². The summed E-state index contributed by atoms with van der Waals surface area (Å²) in [5.74, 6) is 2.52. The van der Waals surface area contributed by atoms with Gasteiger partial charge in [0, 0.05) is 61.8 Å². The fourth-order valence-corrected chi connectivity index (χ4v) is 6.23. The van der Waals surface area contributed by atoms with Gasteiger partial charge in [-0.25, -0.2) is 28.4 Å². The summed E-state index contributed by atoms with van der Waals surface area (Å²) in [6.07, 6.45) is 9.76. The van der Waals surface area contributed by atoms with Gasteiger partial charge in [0.1, 0.15) is 11.3 Å². The summed E-state index contributed by atoms with van der Waals surface area (Å²) < 4.78 is 23.2. The molecule has 35 heavy (non-hydrogen) atoms. The highest BCUT2D eigenvalue weighted by atomic mass is 35.5. The number of hydrogen-bond acceptors (Lipinski definition) is 9. The Bertz CT molecular complexity index is 1250. The predicted octanol–water partition coefficient (Wildman–Crippen LogP) is 3.39. The molecule has 0 aromatic carbocycles. The number of hydrogen-bond donors (Lipinski definition) is 2. The number of aromatic nitrogens is 4. The van der Waals surface area contributed by atoms with Crippen molar-refractivity contribution in [1.29, 1.82) is 0 Å². The molecule has 4 heterocycles. The number of nitrogens with one attached hydrogen (secondary N) is 2. The minimum Gasteiger partial charge on any atom is -0.367 e. The fraction of sp³-hybridized carbons (Fsp3) is 0.500. The van der Waals surface area contributed by atoms with E-state index < -0.39 is 9.84 Å². The van der Waals surface area contributed by atoms with Crippen LogP contribution in [0.1, 0.15) is 31.2 Å². The van der Waals surface area contributed by atoms with E-state index in [1.807, 2.05) is 30.6 Å². The molecule has 1 aliphatic heterocycles. The van der Waals surface area contributed by atoms with E-state index in [-0.39, 0.29) is 11.5 Å². The number of sulfone groups is 1. The molecule has 0 atom stereocenters. The Morgan fingerprint density at radius 1 is 1.00 bits per heavy atom. The number of halogens is 1. The van der Waals surface area contributed by atoms with Gasteiger partial charge in [-0.1, -0.05) is 11.6 Å². The van der Waals surface area contributed by atoms with Crippen molar-refractivity contribution < 1.29 is 8.42 Å². The van der Waals surface area contributed by atoms with Crippen LogP contribution in [0.3, 0.4) is 0 Å². The maximum atomic E-state index is 11.6. The highest BCUT2D eigenvalue weighted by Crippen LogP contribution is 2.28. The number of rotatable bonds is 7. The molecule has 1 saturated carbocycles. The van der Waals surface area contributed by atoms with Crippen molar-refractivity contribution in [3.05, 3.63) is 47.5 Å². The van der Waals surface area contributed by atoms with Crippen LogP contribution in [0.15, 0.2) is 36.8 Å². The molecule has 3 aromatic heterocycles. The lowest BCUT2D eigenvalue weighted by molar-refractivity contribution is 0.287. The molecule has 1 saturated heterocycles. The van der Waals surface area contributed by atoms with E-state index in [1.54, 1.807) is 6.20 Å². The smallest absolute Gasteiger partial charge is 0.222 e. The molecule has 2 aliphatic rings. The summed E-state index contributed by atoms with van der Waals surface area (Å²) in [6.45, 7) is 2.68. The SMILES string of the molecule is O=S1(=O)CCN(Cc2cnc(NC[C@H]3CC[C@H](Nc4ccc5ccnc(Cl)c5n4)CC3)nc2)CC1. The molecule has 0 bridgehead atoms. The quantitative estimate of drug-likeness (QED) is 0.457. The second kappa shape index (κ2) is 10.6. The van der Waals surface area contributed by atoms with Crippen LogP contribution in [0, 0.1) is 5.92 Å². The Morgan fingerprint density at radius 3 is 2.49 bits per heavy atom. The van der Waals surface area contributed by atoms with Crippen molar-refractivity contribution in [3.8, 4) is 0 Å². The average molecular weight is 516 g/mol. The maximum Gasteiger partial charge on any atom is 0.222 e. The first-order chi connectivity index (χ1) is 16.9. The molecular weight excluding hydrogens is 486 g/mol. The van der Waals surface area contributed by atoms with E-state index in [9.17, 15) is 8.42 Å². The second-order valence-corrected chi connectivity index (χ2v) is 12.1. The molecule has 186 valence electrons. The van der Waals surface area contributed by atoms with Crippen LogP contribution in [-0.2, 0) is 16.4 Å². The van der Waals surface area contributed by atoms with Gasteiger partial charge in [0.25, 0.3) is 0 Å². The summed E-state index contributed by atoms with van der Waals surface area (Å²) in [5.41, 5.74) is 1.73. The standard InChI is InChI=1S/C24H30ClN7O2S/c25-23-22-19(7-8-26-23)3-6-21(31-22)30-20-4-1-17(2-5-20)13-27-24-28-14-18(15-29-24)16-32-9-11-35(33,34)12-10-32/h3,6-8,14-15,17,20H,1-2,4-5,9-13,16H2,(H,30,31)(H,27,28,29)/t17-,20-. The molecule has 2 N–H and O–H groups in total. The zero-order chi connectivity index (χ0) is 24.3. The van der Waals surface area contributed by atoms with E-state index in [1.165, 1.54) is 0 Å². The Hall–Kier alpha value is -2.56. The molecule has 0 radical (unpaired) electrons. The Labute approximate surface area is 210 Å². The van der Waals surface area contributed by atoms with Gasteiger partial charge in [-0.05, 0) is 49.8 Å². The van der Waals surface area contributed by atoms with E-state index in [0.717, 1.165) is 54.5 Å². The third-order valence-electron chi connectivity index (χ3n) is 6.86. The zero-order valence-corrected chi connectivity index (χ0v) is 21.1. The molecule has 0 amide bonds. The Kier molecular flexibility index (Phi) is 7.31. The first-order valence-corrected chi connectivity index (χ1v) is 14.3. The van der Waals surface area contributed by atoms with E-state index in [4.69, 9.17) is 11.6 Å². The van der Waals surface area contributed by atoms with E-state index in [0.29, 0.717) is 42.7 Å². The lowest BCUT2D eigenvalue weighted by atomic mass is 9.86. The zero-order valence-electron chi connectivity index (χ0n) is 19.5. The van der Waals surface area contributed by atoms with Crippen molar-refractivity contribution in [2.75, 3.05) is 41.8 Å². The Morgan fingerprint density at radius 2 is 1.74 bits per heavy atom. The fourth-order valence-electron chi connectivity index (χ4n) is 4.74. The van der Waals surface area contributed by atoms with Crippen LogP contribution in [0.25, 0.3) is 10.9 Å². The summed E-state index contributed by atoms with van der Waals surface area (Å²) in [6, 6.07) is 6.33. The van der Waals surface area contributed by atoms with E-state index >= 15 is 0 Å². The van der Waals surface area contributed by atoms with Gasteiger partial charge in [-0.3, -0.25) is 4.90 Å². The topological polar surface area (TPSA) is 113 Å². The lowest BCUT2D eigenvalue weighted by Gasteiger charge is -2.29. The first kappa shape index (κ1) is 24.1. The molecular formula is C24H30ClN7O2S. The van der Waals surface area contributed by atoms with Gasteiger partial charge in [0.15, 0.2) is 15.0 Å². The van der Waals surface area contributed by atoms with Gasteiger partial charge < -0.3 is 10.6 Å². The van der Waals surface area contributed by atoms with Gasteiger partial charge in [-0.2, -0.15) is 0 Å². The third kappa shape index (κ3) is 6.36. The van der Waals surface area contributed by atoms with Crippen molar-refractivity contribution >= 4 is 44.1 Å². The molecule has 5 rings (SSSR count). The van der Waals surface area contributed by atoms with Crippen molar-refractivity contribution in [2.45, 2.75) is 38.3 Å². The van der Waals surface area contributed by atoms with Gasteiger partial charge in [0.05, 0.1) is 11.5 Å². The minimum absolute atomic E-state index is 0.232. The first-order valence-electron chi connectivity index (χ1n) is 12.1. The predicted molar refractivity (Wildman–Crippen MR) is 138 cm³/mol. The van der Waals surface area contributed by atoms with Crippen molar-refractivity contribution in [3.63, 3.8) is 0 Å². The maximum absolute atomic E-state index is 11.6. The van der Waals surface area contributed by atoms with Crippen molar-refractivity contribution in [1.82, 2.24) is 24.8 Å². The third-order valence-corrected chi connectivity index (χ3v) is 8.75. The van der Waals surface area contributed by atoms with Crippen LogP contribution in [-0.4, -0.2) is 70.4 Å². The summed E-state index contributed by atoms with van der Waals surface area (Å²) in [4.78, 5) is 19.8. The van der Waals surface area contributed by atoms with Crippen LogP contribution in [0.4, 0.5) is 11.8 Å². The average Bonchev–Trinajstić information content (AvgIpc) is 2.86. The highest BCUT2D eigenvalue weighted by Gasteiger charge is 2.23. The van der Waals surface area contributed by atoms with Gasteiger partial charge >= 0.3 is 0 Å². The monoisotopic (exact) mass is 515 g/mol. The number of pyridine rings is 2. The summed E-state index contributed by atoms with van der Waals surface area (Å²) >= 11 is 6.20. The van der Waals surface area contributed by atoms with Crippen LogP contribution < -0.4 is 10.6 Å². The number of fused-ring (bicyclic) bond motifs is 1. The van der Waals surface area contributed by atoms with Crippen LogP contribution >= 0.6 is 11.6 Å². The molecule has 0 spiro atoms. The molecule has 2 fully saturated rings.